The predicted molar refractivity (Wildman–Crippen MR) is 76.3 cm³/mol. The van der Waals surface area contributed by atoms with Crippen molar-refractivity contribution in [2.24, 2.45) is 0 Å². The van der Waals surface area contributed by atoms with E-state index >= 15 is 0 Å². The number of hydrogen-bond acceptors (Lipinski definition) is 5. The summed E-state index contributed by atoms with van der Waals surface area (Å²) in [6.07, 6.45) is 2.27. The number of benzene rings is 1. The van der Waals surface area contributed by atoms with E-state index in [2.05, 4.69) is 21.6 Å². The Kier molecular flexibility index (Phi) is 3.48. The van der Waals surface area contributed by atoms with Crippen molar-refractivity contribution in [3.63, 3.8) is 0 Å². The molecular formula is C15H16N4O. The summed E-state index contributed by atoms with van der Waals surface area (Å²) in [6.45, 7) is 2.76. The van der Waals surface area contributed by atoms with E-state index in [1.54, 1.807) is 0 Å². The monoisotopic (exact) mass is 268 g/mol. The Morgan fingerprint density at radius 1 is 1.35 bits per heavy atom. The van der Waals surface area contributed by atoms with Gasteiger partial charge in [-0.1, -0.05) is 18.2 Å². The number of nitrogens with zero attached hydrogens (tertiary/aromatic N) is 3. The largest absolute Gasteiger partial charge is 0.379 e. The van der Waals surface area contributed by atoms with Crippen LogP contribution >= 0.6 is 0 Å². The lowest BCUT2D eigenvalue weighted by molar-refractivity contribution is 0.00300. The standard InChI is InChI=1S/C15H16N4O/c1-2-20-11-7-10(8-11)17-15-12-5-3-4-6-13(12)18-19-14(15)9-16/h3-6,10-11H,2,7-8H2,1H3,(H,17,18). The van der Waals surface area contributed by atoms with Crippen molar-refractivity contribution < 1.29 is 4.74 Å². The molecule has 1 heterocycles. The van der Waals surface area contributed by atoms with Gasteiger partial charge in [0, 0.05) is 18.0 Å². The third kappa shape index (κ3) is 2.30. The van der Waals surface area contributed by atoms with E-state index < -0.39 is 0 Å². The molecule has 5 heteroatoms. The van der Waals surface area contributed by atoms with Gasteiger partial charge >= 0.3 is 0 Å². The lowest BCUT2D eigenvalue weighted by Crippen LogP contribution is -2.41. The third-order valence-corrected chi connectivity index (χ3v) is 3.62. The summed E-state index contributed by atoms with van der Waals surface area (Å²) < 4.78 is 5.56. The van der Waals surface area contributed by atoms with Gasteiger partial charge in [-0.15, -0.1) is 10.2 Å². The summed E-state index contributed by atoms with van der Waals surface area (Å²) in [5, 5.41) is 21.6. The molecule has 0 bridgehead atoms. The number of nitriles is 1. The van der Waals surface area contributed by atoms with Crippen molar-refractivity contribution in [2.45, 2.75) is 31.9 Å². The van der Waals surface area contributed by atoms with Gasteiger partial charge in [-0.25, -0.2) is 0 Å². The molecule has 1 aliphatic rings. The van der Waals surface area contributed by atoms with Crippen LogP contribution in [0.4, 0.5) is 5.69 Å². The van der Waals surface area contributed by atoms with Crippen LogP contribution in [0.5, 0.6) is 0 Å². The van der Waals surface area contributed by atoms with Gasteiger partial charge in [0.05, 0.1) is 17.3 Å². The normalized spacial score (nSPS) is 21.2. The Bertz CT molecular complexity index is 658. The molecule has 0 amide bonds. The first-order valence-electron chi connectivity index (χ1n) is 6.85. The van der Waals surface area contributed by atoms with Gasteiger partial charge in [0.2, 0.25) is 0 Å². The molecule has 5 nitrogen and oxygen atoms in total. The highest BCUT2D eigenvalue weighted by atomic mass is 16.5. The molecule has 1 saturated carbocycles. The van der Waals surface area contributed by atoms with Crippen LogP contribution in [0.15, 0.2) is 24.3 Å². The summed E-state index contributed by atoms with van der Waals surface area (Å²) in [5.74, 6) is 0. The summed E-state index contributed by atoms with van der Waals surface area (Å²) >= 11 is 0. The third-order valence-electron chi connectivity index (χ3n) is 3.62. The number of rotatable bonds is 4. The molecule has 0 saturated heterocycles. The second-order valence-electron chi connectivity index (χ2n) is 4.94. The Balaban J connectivity index is 1.85. The van der Waals surface area contributed by atoms with Crippen molar-refractivity contribution in [1.82, 2.24) is 10.2 Å². The van der Waals surface area contributed by atoms with Crippen LogP contribution in [0.3, 0.4) is 0 Å². The lowest BCUT2D eigenvalue weighted by Gasteiger charge is -2.36. The molecule has 0 radical (unpaired) electrons. The second kappa shape index (κ2) is 5.43. The lowest BCUT2D eigenvalue weighted by atomic mass is 9.89. The first kappa shape index (κ1) is 12.8. The van der Waals surface area contributed by atoms with E-state index in [0.717, 1.165) is 36.0 Å². The van der Waals surface area contributed by atoms with E-state index in [9.17, 15) is 5.26 Å². The summed E-state index contributed by atoms with van der Waals surface area (Å²) in [5.41, 5.74) is 1.94. The SMILES string of the molecule is CCOC1CC(Nc2c(C#N)nnc3ccccc23)C1. The van der Waals surface area contributed by atoms with Gasteiger partial charge in [0.1, 0.15) is 6.07 Å². The van der Waals surface area contributed by atoms with Gasteiger partial charge < -0.3 is 10.1 Å². The number of anilines is 1. The van der Waals surface area contributed by atoms with Crippen LogP contribution in [0.25, 0.3) is 10.9 Å². The van der Waals surface area contributed by atoms with Gasteiger partial charge in [-0.3, -0.25) is 0 Å². The predicted octanol–water partition coefficient (Wildman–Crippen LogP) is 2.48. The Morgan fingerprint density at radius 3 is 2.90 bits per heavy atom. The fourth-order valence-corrected chi connectivity index (χ4v) is 2.54. The molecule has 1 N–H and O–H groups in total. The van der Waals surface area contributed by atoms with Crippen molar-refractivity contribution in [3.8, 4) is 6.07 Å². The van der Waals surface area contributed by atoms with E-state index in [4.69, 9.17) is 4.74 Å². The Hall–Kier alpha value is -2.19. The topological polar surface area (TPSA) is 70.8 Å². The van der Waals surface area contributed by atoms with Crippen molar-refractivity contribution in [2.75, 3.05) is 11.9 Å². The molecule has 0 aliphatic heterocycles. The highest BCUT2D eigenvalue weighted by Crippen LogP contribution is 2.31. The fraction of sp³-hybridized carbons (Fsp3) is 0.400. The van der Waals surface area contributed by atoms with E-state index in [-0.39, 0.29) is 0 Å². The van der Waals surface area contributed by atoms with Crippen LogP contribution in [0.1, 0.15) is 25.5 Å². The molecule has 0 atom stereocenters. The molecule has 1 fully saturated rings. The number of ether oxygens (including phenoxy) is 1. The quantitative estimate of drug-likeness (QED) is 0.922. The summed E-state index contributed by atoms with van der Waals surface area (Å²) in [4.78, 5) is 0. The molecule has 20 heavy (non-hydrogen) atoms. The van der Waals surface area contributed by atoms with Crippen LogP contribution in [-0.2, 0) is 4.74 Å². The van der Waals surface area contributed by atoms with Crippen LogP contribution in [0, 0.1) is 11.3 Å². The summed E-state index contributed by atoms with van der Waals surface area (Å²) in [6, 6.07) is 10.2. The Morgan fingerprint density at radius 2 is 2.15 bits per heavy atom. The molecule has 2 aromatic rings. The van der Waals surface area contributed by atoms with E-state index in [1.807, 2.05) is 31.2 Å². The smallest absolute Gasteiger partial charge is 0.186 e. The molecule has 1 aliphatic carbocycles. The molecule has 1 aromatic heterocycles. The molecule has 0 unspecified atom stereocenters. The van der Waals surface area contributed by atoms with Gasteiger partial charge in [0.15, 0.2) is 5.69 Å². The number of nitrogens with one attached hydrogen (secondary N) is 1. The molecule has 3 rings (SSSR count). The van der Waals surface area contributed by atoms with Crippen LogP contribution in [-0.4, -0.2) is 29.0 Å². The van der Waals surface area contributed by atoms with E-state index in [1.165, 1.54) is 0 Å². The number of fused-ring (bicyclic) bond motifs is 1. The minimum absolute atomic E-state index is 0.337. The zero-order valence-electron chi connectivity index (χ0n) is 11.3. The average molecular weight is 268 g/mol. The molecule has 102 valence electrons. The minimum Gasteiger partial charge on any atom is -0.379 e. The molecular weight excluding hydrogens is 252 g/mol. The maximum atomic E-state index is 9.20. The highest BCUT2D eigenvalue weighted by Gasteiger charge is 2.30. The first-order valence-corrected chi connectivity index (χ1v) is 6.85. The van der Waals surface area contributed by atoms with Crippen LogP contribution in [0.2, 0.25) is 0 Å². The molecule has 0 spiro atoms. The number of hydrogen-bond donors (Lipinski definition) is 1. The number of aromatic nitrogens is 2. The van der Waals surface area contributed by atoms with Gasteiger partial charge in [0.25, 0.3) is 0 Å². The maximum absolute atomic E-state index is 9.20. The maximum Gasteiger partial charge on any atom is 0.186 e. The van der Waals surface area contributed by atoms with Crippen molar-refractivity contribution >= 4 is 16.6 Å². The average Bonchev–Trinajstić information content (AvgIpc) is 2.45. The zero-order valence-corrected chi connectivity index (χ0v) is 11.3. The van der Waals surface area contributed by atoms with Crippen LogP contribution < -0.4 is 5.32 Å². The summed E-state index contributed by atoms with van der Waals surface area (Å²) in [7, 11) is 0. The van der Waals surface area contributed by atoms with Gasteiger partial charge in [-0.2, -0.15) is 5.26 Å². The van der Waals surface area contributed by atoms with Crippen molar-refractivity contribution in [3.05, 3.63) is 30.0 Å². The minimum atomic E-state index is 0.337. The Labute approximate surface area is 117 Å². The van der Waals surface area contributed by atoms with Gasteiger partial charge in [-0.05, 0) is 25.8 Å². The first-order chi connectivity index (χ1) is 9.81. The highest BCUT2D eigenvalue weighted by molar-refractivity contribution is 5.92. The zero-order chi connectivity index (χ0) is 13.9. The fourth-order valence-electron chi connectivity index (χ4n) is 2.54. The van der Waals surface area contributed by atoms with E-state index in [0.29, 0.717) is 17.8 Å². The second-order valence-corrected chi connectivity index (χ2v) is 4.94. The molecule has 1 aromatic carbocycles. The van der Waals surface area contributed by atoms with Crippen molar-refractivity contribution in [1.29, 1.82) is 5.26 Å².